The van der Waals surface area contributed by atoms with E-state index in [0.717, 1.165) is 17.3 Å². The first-order chi connectivity index (χ1) is 13.4. The predicted molar refractivity (Wildman–Crippen MR) is 110 cm³/mol. The smallest absolute Gasteiger partial charge is 0.262 e. The van der Waals surface area contributed by atoms with Gasteiger partial charge < -0.3 is 16.4 Å². The lowest BCUT2D eigenvalue weighted by atomic mass is 10.1. The summed E-state index contributed by atoms with van der Waals surface area (Å²) >= 11 is 1.09. The molecular formula is C20H20N4O3S. The van der Waals surface area contributed by atoms with Gasteiger partial charge in [0.2, 0.25) is 5.91 Å². The van der Waals surface area contributed by atoms with Crippen LogP contribution in [0.25, 0.3) is 0 Å². The summed E-state index contributed by atoms with van der Waals surface area (Å²) in [5.41, 5.74) is 8.71. The zero-order chi connectivity index (χ0) is 20.1. The fourth-order valence-electron chi connectivity index (χ4n) is 2.61. The van der Waals surface area contributed by atoms with Gasteiger partial charge in [-0.25, -0.2) is 0 Å². The molecule has 1 aliphatic heterocycles. The summed E-state index contributed by atoms with van der Waals surface area (Å²) in [7, 11) is 0. The lowest BCUT2D eigenvalue weighted by Crippen LogP contribution is -2.23. The molecule has 1 aliphatic rings. The molecule has 144 valence electrons. The Hall–Kier alpha value is -3.13. The Morgan fingerprint density at radius 1 is 1.11 bits per heavy atom. The van der Waals surface area contributed by atoms with Gasteiger partial charge in [0, 0.05) is 24.2 Å². The van der Waals surface area contributed by atoms with Crippen molar-refractivity contribution in [2.45, 2.75) is 25.1 Å². The molecule has 0 unspecified atom stereocenters. The number of carbonyl (C=O) groups excluding carboxylic acids is 3. The van der Waals surface area contributed by atoms with E-state index in [9.17, 15) is 14.4 Å². The van der Waals surface area contributed by atoms with E-state index in [0.29, 0.717) is 17.8 Å². The maximum atomic E-state index is 12.3. The summed E-state index contributed by atoms with van der Waals surface area (Å²) in [6.07, 6.45) is -0.00745. The van der Waals surface area contributed by atoms with Crippen molar-refractivity contribution in [1.29, 1.82) is 0 Å². The van der Waals surface area contributed by atoms with E-state index in [2.05, 4.69) is 15.6 Å². The number of thioether (sulfide) groups is 1. The molecule has 7 nitrogen and oxygen atoms in total. The molecule has 0 fully saturated rings. The Balaban J connectivity index is 1.50. The van der Waals surface area contributed by atoms with Crippen molar-refractivity contribution >= 4 is 40.3 Å². The maximum absolute atomic E-state index is 12.3. The molecule has 3 amide bonds. The second-order valence-corrected chi connectivity index (χ2v) is 7.62. The number of carbonyl (C=O) groups is 3. The van der Waals surface area contributed by atoms with Gasteiger partial charge in [0.15, 0.2) is 5.17 Å². The van der Waals surface area contributed by atoms with Crippen LogP contribution < -0.4 is 16.4 Å². The van der Waals surface area contributed by atoms with Crippen LogP contribution in [0.3, 0.4) is 0 Å². The number of amidine groups is 1. The minimum absolute atomic E-state index is 0.00745. The second kappa shape index (κ2) is 8.71. The first-order valence-electron chi connectivity index (χ1n) is 8.69. The average molecular weight is 396 g/mol. The van der Waals surface area contributed by atoms with Crippen molar-refractivity contribution in [3.05, 3.63) is 65.2 Å². The van der Waals surface area contributed by atoms with Crippen LogP contribution in [-0.4, -0.2) is 28.1 Å². The average Bonchev–Trinajstić information content (AvgIpc) is 2.98. The Morgan fingerprint density at radius 3 is 2.39 bits per heavy atom. The van der Waals surface area contributed by atoms with E-state index in [1.165, 1.54) is 5.56 Å². The number of aliphatic imine (C=N–C) groups is 1. The van der Waals surface area contributed by atoms with E-state index in [4.69, 9.17) is 5.73 Å². The molecule has 4 N–H and O–H groups in total. The highest BCUT2D eigenvalue weighted by Gasteiger charge is 2.29. The lowest BCUT2D eigenvalue weighted by molar-refractivity contribution is -0.121. The Morgan fingerprint density at radius 2 is 1.79 bits per heavy atom. The minimum atomic E-state index is -0.577. The summed E-state index contributed by atoms with van der Waals surface area (Å²) < 4.78 is 0. The molecule has 2 aromatic rings. The molecule has 0 saturated carbocycles. The number of hydrogen-bond acceptors (Lipinski definition) is 5. The van der Waals surface area contributed by atoms with Crippen LogP contribution in [0.1, 0.15) is 27.9 Å². The first kappa shape index (κ1) is 19.6. The zero-order valence-corrected chi connectivity index (χ0v) is 16.1. The van der Waals surface area contributed by atoms with Gasteiger partial charge in [-0.1, -0.05) is 41.6 Å². The summed E-state index contributed by atoms with van der Waals surface area (Å²) in [5.74, 6) is -0.899. The van der Waals surface area contributed by atoms with Crippen LogP contribution in [0.15, 0.2) is 53.5 Å². The van der Waals surface area contributed by atoms with Crippen molar-refractivity contribution in [2.75, 3.05) is 5.32 Å². The van der Waals surface area contributed by atoms with Crippen molar-refractivity contribution < 1.29 is 14.4 Å². The second-order valence-electron chi connectivity index (χ2n) is 6.39. The Bertz CT molecular complexity index is 923. The quantitative estimate of drug-likeness (QED) is 0.693. The van der Waals surface area contributed by atoms with Gasteiger partial charge in [0.25, 0.3) is 11.8 Å². The summed E-state index contributed by atoms with van der Waals surface area (Å²) in [4.78, 5) is 39.5. The van der Waals surface area contributed by atoms with Crippen LogP contribution in [0.5, 0.6) is 0 Å². The molecule has 0 spiro atoms. The number of hydrogen-bond donors (Lipinski definition) is 3. The SMILES string of the molecule is Cc1ccc(CNC(=O)c2ccc(NC(=O)C[C@@H]3SC(N)=NC3=O)cc2)cc1. The predicted octanol–water partition coefficient (Wildman–Crippen LogP) is 2.21. The third-order valence-electron chi connectivity index (χ3n) is 4.13. The van der Waals surface area contributed by atoms with Gasteiger partial charge in [0.1, 0.15) is 5.25 Å². The minimum Gasteiger partial charge on any atom is -0.378 e. The zero-order valence-electron chi connectivity index (χ0n) is 15.3. The van der Waals surface area contributed by atoms with E-state index in [1.807, 2.05) is 31.2 Å². The molecule has 2 aromatic carbocycles. The van der Waals surface area contributed by atoms with Crippen LogP contribution in [-0.2, 0) is 16.1 Å². The standard InChI is InChI=1S/C20H20N4O3S/c1-12-2-4-13(5-3-12)11-22-18(26)14-6-8-15(9-7-14)23-17(25)10-16-19(27)24-20(21)28-16/h2-9,16H,10-11H2,1H3,(H,22,26)(H,23,25)(H2,21,24,27)/t16-/m0/s1. The molecule has 0 aromatic heterocycles. The Labute approximate surface area is 166 Å². The number of nitrogens with zero attached hydrogens (tertiary/aromatic N) is 1. The van der Waals surface area contributed by atoms with E-state index < -0.39 is 11.2 Å². The molecule has 1 heterocycles. The molecule has 0 radical (unpaired) electrons. The normalized spacial score (nSPS) is 15.8. The highest BCUT2D eigenvalue weighted by molar-refractivity contribution is 8.15. The van der Waals surface area contributed by atoms with Gasteiger partial charge in [-0.15, -0.1) is 0 Å². The van der Waals surface area contributed by atoms with Gasteiger partial charge in [-0.05, 0) is 36.8 Å². The van der Waals surface area contributed by atoms with Crippen molar-refractivity contribution in [3.63, 3.8) is 0 Å². The van der Waals surface area contributed by atoms with Crippen LogP contribution in [0, 0.1) is 6.92 Å². The van der Waals surface area contributed by atoms with Gasteiger partial charge in [-0.2, -0.15) is 4.99 Å². The van der Waals surface area contributed by atoms with Gasteiger partial charge >= 0.3 is 0 Å². The fourth-order valence-corrected chi connectivity index (χ4v) is 3.43. The summed E-state index contributed by atoms with van der Waals surface area (Å²) in [6.45, 7) is 2.45. The molecule has 0 aliphatic carbocycles. The van der Waals surface area contributed by atoms with Crippen molar-refractivity contribution in [1.82, 2.24) is 5.32 Å². The third kappa shape index (κ3) is 5.20. The first-order valence-corrected chi connectivity index (χ1v) is 9.57. The van der Waals surface area contributed by atoms with Crippen LogP contribution in [0.4, 0.5) is 5.69 Å². The van der Waals surface area contributed by atoms with Crippen molar-refractivity contribution in [3.8, 4) is 0 Å². The largest absolute Gasteiger partial charge is 0.378 e. The highest BCUT2D eigenvalue weighted by atomic mass is 32.2. The molecule has 28 heavy (non-hydrogen) atoms. The van der Waals surface area contributed by atoms with E-state index in [-0.39, 0.29) is 23.4 Å². The highest BCUT2D eigenvalue weighted by Crippen LogP contribution is 2.23. The summed E-state index contributed by atoms with van der Waals surface area (Å²) in [5, 5.41) is 5.17. The van der Waals surface area contributed by atoms with Gasteiger partial charge in [-0.3, -0.25) is 14.4 Å². The van der Waals surface area contributed by atoms with E-state index in [1.54, 1.807) is 24.3 Å². The molecule has 1 atom stereocenters. The molecular weight excluding hydrogens is 376 g/mol. The lowest BCUT2D eigenvalue weighted by Gasteiger charge is -2.09. The fraction of sp³-hybridized carbons (Fsp3) is 0.200. The Kier molecular flexibility index (Phi) is 6.10. The third-order valence-corrected chi connectivity index (χ3v) is 5.12. The number of aryl methyl sites for hydroxylation is 1. The van der Waals surface area contributed by atoms with E-state index >= 15 is 0 Å². The maximum Gasteiger partial charge on any atom is 0.262 e. The monoisotopic (exact) mass is 396 g/mol. The summed E-state index contributed by atoms with van der Waals surface area (Å²) in [6, 6.07) is 14.5. The van der Waals surface area contributed by atoms with Crippen molar-refractivity contribution in [2.24, 2.45) is 10.7 Å². The number of benzene rings is 2. The number of rotatable bonds is 6. The van der Waals surface area contributed by atoms with Gasteiger partial charge in [0.05, 0.1) is 0 Å². The molecule has 0 bridgehead atoms. The topological polar surface area (TPSA) is 114 Å². The molecule has 0 saturated heterocycles. The molecule has 8 heteroatoms. The molecule has 3 rings (SSSR count). The number of nitrogens with one attached hydrogen (secondary N) is 2. The van der Waals surface area contributed by atoms with Crippen LogP contribution >= 0.6 is 11.8 Å². The number of amides is 3. The number of anilines is 1. The van der Waals surface area contributed by atoms with Crippen LogP contribution in [0.2, 0.25) is 0 Å². The number of nitrogens with two attached hydrogens (primary N) is 1.